The Morgan fingerprint density at radius 1 is 1.53 bits per heavy atom. The van der Waals surface area contributed by atoms with Crippen molar-refractivity contribution in [3.05, 3.63) is 0 Å². The monoisotopic (exact) mass is 212 g/mol. The number of carbonyl (C=O) groups excluding carboxylic acids is 2. The van der Waals surface area contributed by atoms with Crippen molar-refractivity contribution in [1.82, 2.24) is 0 Å². The molecule has 0 aliphatic heterocycles. The van der Waals surface area contributed by atoms with Crippen LogP contribution in [-0.2, 0) is 14.3 Å². The zero-order valence-electron chi connectivity index (χ0n) is 10.0. The number of ether oxygens (including phenoxy) is 1. The second-order valence-electron chi connectivity index (χ2n) is 5.08. The standard InChI is InChI=1S/C12H20O3/c1-8(2)10-5-6-12(4,7-11(10)14)15-9(3)13/h8,10H,5-7H2,1-4H3. The number of carbonyl (C=O) groups is 2. The van der Waals surface area contributed by atoms with Gasteiger partial charge in [-0.15, -0.1) is 0 Å². The first-order chi connectivity index (χ1) is 6.84. The highest BCUT2D eigenvalue weighted by molar-refractivity contribution is 5.83. The van der Waals surface area contributed by atoms with Crippen molar-refractivity contribution in [2.24, 2.45) is 11.8 Å². The van der Waals surface area contributed by atoms with Crippen LogP contribution >= 0.6 is 0 Å². The van der Waals surface area contributed by atoms with Gasteiger partial charge in [0.1, 0.15) is 11.4 Å². The SMILES string of the molecule is CC(=O)OC1(C)CCC(C(C)C)C(=O)C1. The van der Waals surface area contributed by atoms with Gasteiger partial charge in [-0.05, 0) is 25.7 Å². The predicted octanol–water partition coefficient (Wildman–Crippen LogP) is 2.33. The maximum Gasteiger partial charge on any atom is 0.303 e. The van der Waals surface area contributed by atoms with Crippen LogP contribution in [0.4, 0.5) is 0 Å². The lowest BCUT2D eigenvalue weighted by Gasteiger charge is -2.36. The largest absolute Gasteiger partial charge is 0.459 e. The lowest BCUT2D eigenvalue weighted by molar-refractivity contribution is -0.162. The first kappa shape index (κ1) is 12.2. The zero-order valence-corrected chi connectivity index (χ0v) is 10.0. The molecule has 1 rings (SSSR count). The molecule has 0 amide bonds. The fraction of sp³-hybridized carbons (Fsp3) is 0.833. The van der Waals surface area contributed by atoms with E-state index in [9.17, 15) is 9.59 Å². The highest BCUT2D eigenvalue weighted by Gasteiger charge is 2.39. The van der Waals surface area contributed by atoms with Crippen molar-refractivity contribution in [3.63, 3.8) is 0 Å². The summed E-state index contributed by atoms with van der Waals surface area (Å²) in [7, 11) is 0. The Morgan fingerprint density at radius 3 is 2.53 bits per heavy atom. The maximum absolute atomic E-state index is 11.8. The van der Waals surface area contributed by atoms with E-state index in [4.69, 9.17) is 4.74 Å². The van der Waals surface area contributed by atoms with Gasteiger partial charge in [0, 0.05) is 19.3 Å². The second kappa shape index (κ2) is 4.33. The molecule has 2 unspecified atom stereocenters. The van der Waals surface area contributed by atoms with E-state index in [-0.39, 0.29) is 17.7 Å². The Bertz CT molecular complexity index is 270. The van der Waals surface area contributed by atoms with Crippen molar-refractivity contribution in [2.75, 3.05) is 0 Å². The Morgan fingerprint density at radius 2 is 2.13 bits per heavy atom. The van der Waals surface area contributed by atoms with Gasteiger partial charge in [0.15, 0.2) is 0 Å². The minimum atomic E-state index is -0.561. The molecule has 1 saturated carbocycles. The van der Waals surface area contributed by atoms with E-state index in [0.29, 0.717) is 12.3 Å². The molecular formula is C12H20O3. The summed E-state index contributed by atoms with van der Waals surface area (Å²) in [6.07, 6.45) is 2.00. The third kappa shape index (κ3) is 3.05. The van der Waals surface area contributed by atoms with E-state index in [2.05, 4.69) is 13.8 Å². The number of Topliss-reactive ketones (excluding diaryl/α,β-unsaturated/α-hetero) is 1. The van der Waals surface area contributed by atoms with Crippen LogP contribution in [-0.4, -0.2) is 17.4 Å². The molecule has 0 spiro atoms. The molecule has 1 aliphatic rings. The van der Waals surface area contributed by atoms with Gasteiger partial charge in [0.05, 0.1) is 0 Å². The highest BCUT2D eigenvalue weighted by atomic mass is 16.6. The van der Waals surface area contributed by atoms with Gasteiger partial charge in [-0.25, -0.2) is 0 Å². The summed E-state index contributed by atoms with van der Waals surface area (Å²) in [6, 6.07) is 0. The number of rotatable bonds is 2. The quantitative estimate of drug-likeness (QED) is 0.660. The molecule has 0 N–H and O–H groups in total. The summed E-state index contributed by atoms with van der Waals surface area (Å²) in [5.41, 5.74) is -0.561. The van der Waals surface area contributed by atoms with E-state index < -0.39 is 5.60 Å². The van der Waals surface area contributed by atoms with Crippen molar-refractivity contribution < 1.29 is 14.3 Å². The molecular weight excluding hydrogens is 192 g/mol. The Balaban J connectivity index is 2.64. The molecule has 1 aliphatic carbocycles. The molecule has 15 heavy (non-hydrogen) atoms. The Labute approximate surface area is 91.2 Å². The van der Waals surface area contributed by atoms with Crippen LogP contribution in [0.2, 0.25) is 0 Å². The number of hydrogen-bond donors (Lipinski definition) is 0. The molecule has 0 saturated heterocycles. The number of hydrogen-bond acceptors (Lipinski definition) is 3. The summed E-state index contributed by atoms with van der Waals surface area (Å²) in [5.74, 6) is 0.473. The van der Waals surface area contributed by atoms with E-state index >= 15 is 0 Å². The lowest BCUT2D eigenvalue weighted by atomic mass is 9.74. The van der Waals surface area contributed by atoms with E-state index in [0.717, 1.165) is 12.8 Å². The molecule has 0 bridgehead atoms. The van der Waals surface area contributed by atoms with Crippen molar-refractivity contribution in [1.29, 1.82) is 0 Å². The third-order valence-electron chi connectivity index (χ3n) is 3.14. The summed E-state index contributed by atoms with van der Waals surface area (Å²) < 4.78 is 5.22. The normalized spacial score (nSPS) is 31.8. The van der Waals surface area contributed by atoms with E-state index in [1.807, 2.05) is 6.92 Å². The topological polar surface area (TPSA) is 43.4 Å². The maximum atomic E-state index is 11.8. The van der Waals surface area contributed by atoms with Crippen LogP contribution in [0.3, 0.4) is 0 Å². The van der Waals surface area contributed by atoms with Crippen LogP contribution in [0, 0.1) is 11.8 Å². The number of ketones is 1. The highest BCUT2D eigenvalue weighted by Crippen LogP contribution is 2.35. The first-order valence-electron chi connectivity index (χ1n) is 5.56. The van der Waals surface area contributed by atoms with Gasteiger partial charge in [-0.2, -0.15) is 0 Å². The van der Waals surface area contributed by atoms with Crippen molar-refractivity contribution in [2.45, 2.75) is 52.6 Å². The molecule has 0 aromatic carbocycles. The van der Waals surface area contributed by atoms with Crippen LogP contribution in [0.1, 0.15) is 47.0 Å². The fourth-order valence-electron chi connectivity index (χ4n) is 2.35. The molecule has 1 fully saturated rings. The number of esters is 1. The minimum absolute atomic E-state index is 0.147. The van der Waals surface area contributed by atoms with Crippen molar-refractivity contribution in [3.8, 4) is 0 Å². The average molecular weight is 212 g/mol. The fourth-order valence-corrected chi connectivity index (χ4v) is 2.35. The van der Waals surface area contributed by atoms with Gasteiger partial charge in [0.25, 0.3) is 0 Å². The molecule has 2 atom stereocenters. The molecule has 0 heterocycles. The van der Waals surface area contributed by atoms with E-state index in [1.165, 1.54) is 6.92 Å². The third-order valence-corrected chi connectivity index (χ3v) is 3.14. The molecule has 0 aromatic rings. The van der Waals surface area contributed by atoms with Gasteiger partial charge in [-0.1, -0.05) is 13.8 Å². The predicted molar refractivity (Wildman–Crippen MR) is 57.4 cm³/mol. The van der Waals surface area contributed by atoms with Gasteiger partial charge in [0.2, 0.25) is 0 Å². The van der Waals surface area contributed by atoms with Crippen LogP contribution < -0.4 is 0 Å². The molecule has 3 nitrogen and oxygen atoms in total. The Kier molecular flexibility index (Phi) is 3.53. The summed E-state index contributed by atoms with van der Waals surface area (Å²) in [4.78, 5) is 22.7. The molecule has 0 aromatic heterocycles. The summed E-state index contributed by atoms with van der Waals surface area (Å²) in [5, 5.41) is 0. The second-order valence-corrected chi connectivity index (χ2v) is 5.08. The first-order valence-corrected chi connectivity index (χ1v) is 5.56. The average Bonchev–Trinajstić information content (AvgIpc) is 1.99. The van der Waals surface area contributed by atoms with Gasteiger partial charge in [-0.3, -0.25) is 9.59 Å². The molecule has 3 heteroatoms. The lowest BCUT2D eigenvalue weighted by Crippen LogP contribution is -2.41. The summed E-state index contributed by atoms with van der Waals surface area (Å²) in [6.45, 7) is 7.38. The molecule has 86 valence electrons. The van der Waals surface area contributed by atoms with Gasteiger partial charge < -0.3 is 4.74 Å². The zero-order chi connectivity index (χ0) is 11.6. The summed E-state index contributed by atoms with van der Waals surface area (Å²) >= 11 is 0. The van der Waals surface area contributed by atoms with Crippen LogP contribution in [0.5, 0.6) is 0 Å². The van der Waals surface area contributed by atoms with E-state index in [1.54, 1.807) is 0 Å². The van der Waals surface area contributed by atoms with Gasteiger partial charge >= 0.3 is 5.97 Å². The molecule has 0 radical (unpaired) electrons. The minimum Gasteiger partial charge on any atom is -0.459 e. The smallest absolute Gasteiger partial charge is 0.303 e. The Hall–Kier alpha value is -0.860. The van der Waals surface area contributed by atoms with Crippen LogP contribution in [0.15, 0.2) is 0 Å². The van der Waals surface area contributed by atoms with Crippen LogP contribution in [0.25, 0.3) is 0 Å². The van der Waals surface area contributed by atoms with Crippen molar-refractivity contribution >= 4 is 11.8 Å².